The van der Waals surface area contributed by atoms with Gasteiger partial charge in [-0.25, -0.2) is 0 Å². The summed E-state index contributed by atoms with van der Waals surface area (Å²) in [5, 5.41) is 33.0. The molecule has 0 fully saturated rings. The number of hydrogen-bond acceptors (Lipinski definition) is 4. The molecule has 2 unspecified atom stereocenters. The standard InChI is InChI=1S/C5H11NO3S.CH3NOS.Na.H/c1-3(7)6(4(2)8)5(9)10;2-1(3)4;;/h3-4,7-8H,1-2H3,(H,9,10);(H3,2,3,4);;. The van der Waals surface area contributed by atoms with E-state index in [9.17, 15) is 0 Å². The van der Waals surface area contributed by atoms with E-state index in [2.05, 4.69) is 30.2 Å². The molecule has 0 aromatic heterocycles. The third-order valence-electron chi connectivity index (χ3n) is 1.03. The molecule has 6 nitrogen and oxygen atoms in total. The van der Waals surface area contributed by atoms with E-state index in [1.807, 2.05) is 0 Å². The van der Waals surface area contributed by atoms with Crippen LogP contribution < -0.4 is 5.73 Å². The van der Waals surface area contributed by atoms with E-state index >= 15 is 0 Å². The summed E-state index contributed by atoms with van der Waals surface area (Å²) in [7, 11) is 0. The van der Waals surface area contributed by atoms with Crippen molar-refractivity contribution >= 4 is 64.3 Å². The summed E-state index contributed by atoms with van der Waals surface area (Å²) >= 11 is 8.20. The van der Waals surface area contributed by atoms with Crippen LogP contribution in [0.1, 0.15) is 13.8 Å². The molecule has 0 aromatic rings. The second kappa shape index (κ2) is 10.8. The molecule has 0 radical (unpaired) electrons. The van der Waals surface area contributed by atoms with Crippen LogP contribution in [0.5, 0.6) is 0 Å². The minimum atomic E-state index is -0.975. The molecule has 0 aromatic carbocycles. The molecule has 9 heteroatoms. The first-order valence-electron chi connectivity index (χ1n) is 3.56. The second-order valence-electron chi connectivity index (χ2n) is 2.29. The average Bonchev–Trinajstić information content (AvgIpc) is 1.80. The molecule has 0 spiro atoms. The van der Waals surface area contributed by atoms with Gasteiger partial charge < -0.3 is 26.2 Å². The van der Waals surface area contributed by atoms with Crippen LogP contribution in [-0.4, -0.2) is 77.7 Å². The number of aliphatic hydroxyl groups excluding tert-OH is 4. The van der Waals surface area contributed by atoms with Gasteiger partial charge in [-0.3, -0.25) is 4.90 Å². The fourth-order valence-electron chi connectivity index (χ4n) is 0.632. The van der Waals surface area contributed by atoms with E-state index in [0.29, 0.717) is 0 Å². The summed E-state index contributed by atoms with van der Waals surface area (Å²) in [6.45, 7) is 2.80. The van der Waals surface area contributed by atoms with Crippen LogP contribution in [0, 0.1) is 0 Å². The predicted octanol–water partition coefficient (Wildman–Crippen LogP) is -1.05. The van der Waals surface area contributed by atoms with Gasteiger partial charge >= 0.3 is 29.6 Å². The molecule has 0 saturated heterocycles. The molecule has 0 aliphatic heterocycles. The molecule has 0 heterocycles. The number of aliphatic hydroxyl groups is 4. The van der Waals surface area contributed by atoms with Gasteiger partial charge in [-0.1, -0.05) is 0 Å². The molecule has 0 bridgehead atoms. The Balaban J connectivity index is -0.000000249. The molecule has 15 heavy (non-hydrogen) atoms. The SMILES string of the molecule is CC(O)N(C(O)=S)C(C)O.NC(O)=S.[NaH]. The van der Waals surface area contributed by atoms with Crippen LogP contribution in [0.2, 0.25) is 0 Å². The predicted molar refractivity (Wildman–Crippen MR) is 67.0 cm³/mol. The van der Waals surface area contributed by atoms with Crippen molar-refractivity contribution in [1.82, 2.24) is 4.90 Å². The van der Waals surface area contributed by atoms with E-state index in [0.717, 1.165) is 4.90 Å². The zero-order chi connectivity index (χ0) is 11.9. The Labute approximate surface area is 121 Å². The maximum absolute atomic E-state index is 8.87. The summed E-state index contributed by atoms with van der Waals surface area (Å²) in [5.74, 6) is 0. The Morgan fingerprint density at radius 2 is 1.33 bits per heavy atom. The molecule has 2 atom stereocenters. The topological polar surface area (TPSA) is 110 Å². The first-order valence-corrected chi connectivity index (χ1v) is 4.37. The third kappa shape index (κ3) is 14.3. The molecule has 86 valence electrons. The van der Waals surface area contributed by atoms with E-state index in [-0.39, 0.29) is 29.6 Å². The third-order valence-corrected chi connectivity index (χ3v) is 1.24. The van der Waals surface area contributed by atoms with Crippen molar-refractivity contribution in [2.75, 3.05) is 0 Å². The Hall–Kier alpha value is 0.300. The summed E-state index contributed by atoms with van der Waals surface area (Å²) < 4.78 is 0. The fraction of sp³-hybridized carbons (Fsp3) is 0.667. The number of rotatable bonds is 2. The van der Waals surface area contributed by atoms with E-state index in [1.54, 1.807) is 0 Å². The van der Waals surface area contributed by atoms with Gasteiger partial charge in [0.05, 0.1) is 0 Å². The quantitative estimate of drug-likeness (QED) is 0.245. The van der Waals surface area contributed by atoms with Crippen LogP contribution in [0.15, 0.2) is 0 Å². The Morgan fingerprint density at radius 3 is 1.33 bits per heavy atom. The van der Waals surface area contributed by atoms with E-state index < -0.39 is 22.8 Å². The van der Waals surface area contributed by atoms with E-state index in [4.69, 9.17) is 20.4 Å². The van der Waals surface area contributed by atoms with Gasteiger partial charge in [0.2, 0.25) is 0 Å². The van der Waals surface area contributed by atoms with Crippen molar-refractivity contribution in [2.45, 2.75) is 26.3 Å². The summed E-state index contributed by atoms with van der Waals surface area (Å²) in [4.78, 5) is 0.898. The Kier molecular flexibility index (Phi) is 14.9. The van der Waals surface area contributed by atoms with E-state index in [1.165, 1.54) is 13.8 Å². The molecule has 0 aliphatic rings. The first-order chi connectivity index (χ1) is 6.20. The number of nitrogens with two attached hydrogens (primary N) is 1. The Bertz CT molecular complexity index is 192. The van der Waals surface area contributed by atoms with Gasteiger partial charge in [-0.05, 0) is 38.3 Å². The van der Waals surface area contributed by atoms with Crippen LogP contribution in [0.3, 0.4) is 0 Å². The minimum absolute atomic E-state index is 0. The summed E-state index contributed by atoms with van der Waals surface area (Å²) in [5.41, 5.74) is 4.40. The monoisotopic (exact) mass is 266 g/mol. The van der Waals surface area contributed by atoms with Crippen LogP contribution in [0.25, 0.3) is 0 Å². The van der Waals surface area contributed by atoms with Crippen LogP contribution in [0.4, 0.5) is 0 Å². The van der Waals surface area contributed by atoms with Gasteiger partial charge in [-0.2, -0.15) is 0 Å². The van der Waals surface area contributed by atoms with Gasteiger partial charge in [-0.15, -0.1) is 0 Å². The molecular formula is C6H15N2NaO4S2. The first kappa shape index (κ1) is 20.7. The molecule has 0 saturated carbocycles. The zero-order valence-corrected chi connectivity index (χ0v) is 9.42. The molecule has 0 rings (SSSR count). The second-order valence-corrected chi connectivity index (χ2v) is 3.08. The number of nitrogens with zero attached hydrogens (tertiary/aromatic N) is 1. The fourth-order valence-corrected chi connectivity index (χ4v) is 0.937. The zero-order valence-electron chi connectivity index (χ0n) is 7.78. The average molecular weight is 266 g/mol. The van der Waals surface area contributed by atoms with Gasteiger partial charge in [0.25, 0.3) is 10.3 Å². The number of hydrogen-bond donors (Lipinski definition) is 5. The van der Waals surface area contributed by atoms with Crippen molar-refractivity contribution in [1.29, 1.82) is 0 Å². The van der Waals surface area contributed by atoms with Crippen LogP contribution in [-0.2, 0) is 0 Å². The van der Waals surface area contributed by atoms with Gasteiger partial charge in [0.15, 0.2) is 0 Å². The van der Waals surface area contributed by atoms with Gasteiger partial charge in [0, 0.05) is 0 Å². The summed E-state index contributed by atoms with van der Waals surface area (Å²) in [6.07, 6.45) is -1.95. The molecule has 0 amide bonds. The number of thiocarbonyl (C=S) groups is 2. The van der Waals surface area contributed by atoms with Crippen molar-refractivity contribution in [2.24, 2.45) is 5.73 Å². The molecular weight excluding hydrogens is 251 g/mol. The van der Waals surface area contributed by atoms with Crippen LogP contribution >= 0.6 is 24.4 Å². The Morgan fingerprint density at radius 1 is 1.13 bits per heavy atom. The van der Waals surface area contributed by atoms with Gasteiger partial charge in [0.1, 0.15) is 12.5 Å². The normalized spacial score (nSPS) is 12.3. The van der Waals surface area contributed by atoms with Crippen molar-refractivity contribution in [3.8, 4) is 0 Å². The summed E-state index contributed by atoms with van der Waals surface area (Å²) in [6, 6.07) is 0. The van der Waals surface area contributed by atoms with Crippen molar-refractivity contribution < 1.29 is 20.4 Å². The molecule has 6 N–H and O–H groups in total. The van der Waals surface area contributed by atoms with Crippen molar-refractivity contribution in [3.05, 3.63) is 0 Å². The maximum atomic E-state index is 8.87. The van der Waals surface area contributed by atoms with Crippen molar-refractivity contribution in [3.63, 3.8) is 0 Å². The molecule has 0 aliphatic carbocycles.